The summed E-state index contributed by atoms with van der Waals surface area (Å²) >= 11 is 0. The fraction of sp³-hybridized carbons (Fsp3) is 0.538. The highest BCUT2D eigenvalue weighted by atomic mass is 19.1. The van der Waals surface area contributed by atoms with E-state index in [1.54, 1.807) is 6.92 Å². The number of halogens is 1. The van der Waals surface area contributed by atoms with Gasteiger partial charge in [-0.25, -0.2) is 4.39 Å². The zero-order chi connectivity index (χ0) is 12.3. The Morgan fingerprint density at radius 2 is 2.00 bits per heavy atom. The largest absolute Gasteiger partial charge is 0.329 e. The van der Waals surface area contributed by atoms with Crippen LogP contribution in [-0.2, 0) is 0 Å². The van der Waals surface area contributed by atoms with Crippen LogP contribution in [0.15, 0.2) is 18.2 Å². The van der Waals surface area contributed by atoms with Crippen molar-refractivity contribution in [3.8, 4) is 0 Å². The lowest BCUT2D eigenvalue weighted by Crippen LogP contribution is -2.39. The van der Waals surface area contributed by atoms with Crippen molar-refractivity contribution < 1.29 is 4.39 Å². The molecule has 90 valence electrons. The summed E-state index contributed by atoms with van der Waals surface area (Å²) in [5, 5.41) is 0. The van der Waals surface area contributed by atoms with Gasteiger partial charge in [-0.2, -0.15) is 0 Å². The van der Waals surface area contributed by atoms with Crippen LogP contribution in [0.4, 0.5) is 4.39 Å². The maximum atomic E-state index is 13.2. The van der Waals surface area contributed by atoms with Crippen LogP contribution in [-0.4, -0.2) is 31.6 Å². The molecule has 1 aromatic carbocycles. The molecular weight excluding hydrogens is 203 g/mol. The van der Waals surface area contributed by atoms with Crippen molar-refractivity contribution in [2.75, 3.05) is 20.6 Å². The van der Waals surface area contributed by atoms with Crippen molar-refractivity contribution in [3.63, 3.8) is 0 Å². The lowest BCUT2D eigenvalue weighted by Gasteiger charge is -2.29. The Morgan fingerprint density at radius 1 is 1.38 bits per heavy atom. The van der Waals surface area contributed by atoms with Gasteiger partial charge in [0.1, 0.15) is 5.82 Å². The van der Waals surface area contributed by atoms with Gasteiger partial charge in [-0.1, -0.05) is 19.1 Å². The highest BCUT2D eigenvalue weighted by Gasteiger charge is 2.19. The zero-order valence-corrected chi connectivity index (χ0v) is 10.5. The van der Waals surface area contributed by atoms with Crippen molar-refractivity contribution in [2.24, 2.45) is 5.73 Å². The second-order valence-corrected chi connectivity index (χ2v) is 4.56. The van der Waals surface area contributed by atoms with Gasteiger partial charge in [0.05, 0.1) is 0 Å². The number of rotatable bonds is 4. The van der Waals surface area contributed by atoms with E-state index in [0.29, 0.717) is 18.0 Å². The molecule has 2 N–H and O–H groups in total. The quantitative estimate of drug-likeness (QED) is 0.849. The van der Waals surface area contributed by atoms with Crippen molar-refractivity contribution in [1.29, 1.82) is 0 Å². The van der Waals surface area contributed by atoms with Crippen LogP contribution in [0.3, 0.4) is 0 Å². The summed E-state index contributed by atoms with van der Waals surface area (Å²) in [6, 6.07) is 5.57. The van der Waals surface area contributed by atoms with Crippen molar-refractivity contribution >= 4 is 0 Å². The molecule has 0 spiro atoms. The van der Waals surface area contributed by atoms with Gasteiger partial charge in [0.2, 0.25) is 0 Å². The average molecular weight is 224 g/mol. The average Bonchev–Trinajstić information content (AvgIpc) is 2.22. The molecule has 1 rings (SSSR count). The monoisotopic (exact) mass is 224 g/mol. The van der Waals surface area contributed by atoms with Gasteiger partial charge in [-0.15, -0.1) is 0 Å². The second kappa shape index (κ2) is 5.41. The van der Waals surface area contributed by atoms with E-state index in [2.05, 4.69) is 11.8 Å². The first kappa shape index (κ1) is 13.1. The fourth-order valence-corrected chi connectivity index (χ4v) is 2.04. The first-order chi connectivity index (χ1) is 7.47. The van der Waals surface area contributed by atoms with Gasteiger partial charge >= 0.3 is 0 Å². The standard InChI is InChI=1S/C13H21FN2/c1-9-7-11(5-6-12(9)14)10(2)13(8-15)16(3)4/h5-7,10,13H,8,15H2,1-4H3. The highest BCUT2D eigenvalue weighted by molar-refractivity contribution is 5.27. The summed E-state index contributed by atoms with van der Waals surface area (Å²) in [4.78, 5) is 2.11. The first-order valence-electron chi connectivity index (χ1n) is 5.60. The minimum Gasteiger partial charge on any atom is -0.329 e. The summed E-state index contributed by atoms with van der Waals surface area (Å²) < 4.78 is 13.2. The molecule has 2 nitrogen and oxygen atoms in total. The molecule has 16 heavy (non-hydrogen) atoms. The summed E-state index contributed by atoms with van der Waals surface area (Å²) in [6.07, 6.45) is 0. The third kappa shape index (κ3) is 2.80. The minimum atomic E-state index is -0.148. The molecule has 0 aliphatic rings. The molecule has 0 aliphatic carbocycles. The van der Waals surface area contributed by atoms with E-state index in [9.17, 15) is 4.39 Å². The molecule has 0 aromatic heterocycles. The molecule has 2 atom stereocenters. The van der Waals surface area contributed by atoms with Gasteiger partial charge in [-0.3, -0.25) is 0 Å². The van der Waals surface area contributed by atoms with E-state index in [-0.39, 0.29) is 11.9 Å². The number of hydrogen-bond donors (Lipinski definition) is 1. The lowest BCUT2D eigenvalue weighted by molar-refractivity contribution is 0.266. The zero-order valence-electron chi connectivity index (χ0n) is 10.5. The molecule has 1 aromatic rings. The molecule has 0 saturated heterocycles. The van der Waals surface area contributed by atoms with Crippen LogP contribution < -0.4 is 5.73 Å². The van der Waals surface area contributed by atoms with E-state index in [0.717, 1.165) is 5.56 Å². The molecule has 0 radical (unpaired) electrons. The maximum Gasteiger partial charge on any atom is 0.126 e. The number of likely N-dealkylation sites (N-methyl/N-ethyl adjacent to an activating group) is 1. The van der Waals surface area contributed by atoms with Crippen molar-refractivity contribution in [2.45, 2.75) is 25.8 Å². The van der Waals surface area contributed by atoms with Crippen LogP contribution in [0, 0.1) is 12.7 Å². The van der Waals surface area contributed by atoms with Crippen LogP contribution >= 0.6 is 0 Å². The van der Waals surface area contributed by atoms with E-state index in [1.165, 1.54) is 6.07 Å². The third-order valence-corrected chi connectivity index (χ3v) is 3.19. The predicted octanol–water partition coefficient (Wildman–Crippen LogP) is 2.13. The summed E-state index contributed by atoms with van der Waals surface area (Å²) in [5.41, 5.74) is 7.60. The van der Waals surface area contributed by atoms with Gasteiger partial charge in [-0.05, 0) is 44.1 Å². The predicted molar refractivity (Wildman–Crippen MR) is 66.1 cm³/mol. The number of nitrogens with two attached hydrogens (primary N) is 1. The molecule has 2 unspecified atom stereocenters. The normalized spacial score (nSPS) is 15.2. The number of benzene rings is 1. The Morgan fingerprint density at radius 3 is 2.44 bits per heavy atom. The molecule has 0 saturated carbocycles. The van der Waals surface area contributed by atoms with Gasteiger partial charge in [0, 0.05) is 12.6 Å². The van der Waals surface area contributed by atoms with E-state index in [1.807, 2.05) is 26.2 Å². The molecule has 3 heteroatoms. The van der Waals surface area contributed by atoms with Gasteiger partial charge in [0.15, 0.2) is 0 Å². The fourth-order valence-electron chi connectivity index (χ4n) is 2.04. The minimum absolute atomic E-state index is 0.148. The molecule has 0 bridgehead atoms. The molecule has 0 heterocycles. The topological polar surface area (TPSA) is 29.3 Å². The van der Waals surface area contributed by atoms with Crippen LogP contribution in [0.25, 0.3) is 0 Å². The molecule has 0 aliphatic heterocycles. The Hall–Kier alpha value is -0.930. The number of aryl methyl sites for hydroxylation is 1. The first-order valence-corrected chi connectivity index (χ1v) is 5.60. The SMILES string of the molecule is Cc1cc(C(C)C(CN)N(C)C)ccc1F. The molecular formula is C13H21FN2. The lowest BCUT2D eigenvalue weighted by atomic mass is 9.91. The Kier molecular flexibility index (Phi) is 4.44. The van der Waals surface area contributed by atoms with E-state index in [4.69, 9.17) is 5.73 Å². The Balaban J connectivity index is 2.94. The summed E-state index contributed by atoms with van der Waals surface area (Å²) in [6.45, 7) is 4.52. The second-order valence-electron chi connectivity index (χ2n) is 4.56. The molecule has 0 amide bonds. The highest BCUT2D eigenvalue weighted by Crippen LogP contribution is 2.23. The smallest absolute Gasteiger partial charge is 0.126 e. The van der Waals surface area contributed by atoms with E-state index < -0.39 is 0 Å². The van der Waals surface area contributed by atoms with E-state index >= 15 is 0 Å². The van der Waals surface area contributed by atoms with Crippen molar-refractivity contribution in [3.05, 3.63) is 35.1 Å². The van der Waals surface area contributed by atoms with Crippen LogP contribution in [0.5, 0.6) is 0 Å². The number of hydrogen-bond acceptors (Lipinski definition) is 2. The third-order valence-electron chi connectivity index (χ3n) is 3.19. The van der Waals surface area contributed by atoms with Gasteiger partial charge < -0.3 is 10.6 Å². The summed E-state index contributed by atoms with van der Waals surface area (Å²) in [7, 11) is 4.04. The Labute approximate surface area is 97.3 Å². The molecule has 0 fully saturated rings. The Bertz CT molecular complexity index is 350. The number of nitrogens with zero attached hydrogens (tertiary/aromatic N) is 1. The van der Waals surface area contributed by atoms with Crippen molar-refractivity contribution in [1.82, 2.24) is 4.90 Å². The van der Waals surface area contributed by atoms with Crippen LogP contribution in [0.2, 0.25) is 0 Å². The van der Waals surface area contributed by atoms with Crippen LogP contribution in [0.1, 0.15) is 24.0 Å². The van der Waals surface area contributed by atoms with Gasteiger partial charge in [0.25, 0.3) is 0 Å². The maximum absolute atomic E-state index is 13.2. The summed E-state index contributed by atoms with van der Waals surface area (Å²) in [5.74, 6) is 0.157.